The normalized spacial score (nSPS) is 10.2. The minimum absolute atomic E-state index is 0.0803. The van der Waals surface area contributed by atoms with Gasteiger partial charge in [0, 0.05) is 22.2 Å². The second-order valence-electron chi connectivity index (χ2n) is 3.91. The molecule has 0 aliphatic rings. The van der Waals surface area contributed by atoms with Crippen LogP contribution in [0.5, 0.6) is 10.8 Å². The van der Waals surface area contributed by atoms with Gasteiger partial charge in [0.05, 0.1) is 11.5 Å². The lowest BCUT2D eigenvalue weighted by atomic mass is 10.2. The monoisotopic (exact) mass is 326 g/mol. The molecule has 1 aromatic carbocycles. The highest BCUT2D eigenvalue weighted by atomic mass is 32.1. The number of thiophene rings is 1. The summed E-state index contributed by atoms with van der Waals surface area (Å²) in [5, 5.41) is 22.4. The van der Waals surface area contributed by atoms with Crippen molar-refractivity contribution in [2.24, 2.45) is 0 Å². The summed E-state index contributed by atoms with van der Waals surface area (Å²) in [6.07, 6.45) is -2.11. The smallest absolute Gasteiger partial charge is 0.423 e. The van der Waals surface area contributed by atoms with E-state index in [9.17, 15) is 24.8 Å². The van der Waals surface area contributed by atoms with Gasteiger partial charge in [-0.2, -0.15) is 0 Å². The number of aromatic hydroxyl groups is 1. The maximum absolute atomic E-state index is 11.5. The Labute approximate surface area is 127 Å². The Morgan fingerprint density at radius 2 is 2.14 bits per heavy atom. The van der Waals surface area contributed by atoms with Crippen LogP contribution in [0.3, 0.4) is 0 Å². The predicted octanol–water partition coefficient (Wildman–Crippen LogP) is 2.76. The molecular formula is C12H10N2O7S. The number of benzene rings is 1. The molecule has 2 aromatic rings. The van der Waals surface area contributed by atoms with E-state index in [0.29, 0.717) is 4.70 Å². The van der Waals surface area contributed by atoms with Crippen molar-refractivity contribution in [3.05, 3.63) is 28.3 Å². The molecule has 1 heterocycles. The van der Waals surface area contributed by atoms with Gasteiger partial charge in [-0.25, -0.2) is 14.9 Å². The van der Waals surface area contributed by atoms with E-state index in [2.05, 4.69) is 4.74 Å². The number of alkyl carbamates (subject to hydrolysis) is 1. The van der Waals surface area contributed by atoms with Crippen molar-refractivity contribution in [1.29, 1.82) is 0 Å². The molecule has 2 amide bonds. The molecule has 10 heteroatoms. The molecule has 0 saturated carbocycles. The van der Waals surface area contributed by atoms with Crippen molar-refractivity contribution >= 4 is 39.3 Å². The number of nitrogens with one attached hydrogen (secondary N) is 1. The van der Waals surface area contributed by atoms with Crippen molar-refractivity contribution < 1.29 is 29.1 Å². The van der Waals surface area contributed by atoms with E-state index in [1.807, 2.05) is 0 Å². The van der Waals surface area contributed by atoms with Crippen LogP contribution in [0.1, 0.15) is 6.92 Å². The van der Waals surface area contributed by atoms with E-state index in [1.54, 1.807) is 12.2 Å². The topological polar surface area (TPSA) is 128 Å². The van der Waals surface area contributed by atoms with E-state index in [0.717, 1.165) is 17.4 Å². The first-order valence-corrected chi connectivity index (χ1v) is 6.79. The molecular weight excluding hydrogens is 316 g/mol. The fourth-order valence-corrected chi connectivity index (χ4v) is 2.52. The molecule has 116 valence electrons. The van der Waals surface area contributed by atoms with Gasteiger partial charge in [0.25, 0.3) is 5.69 Å². The number of non-ortho nitro benzene ring substituents is 1. The number of rotatable bonds is 3. The molecule has 2 rings (SSSR count). The summed E-state index contributed by atoms with van der Waals surface area (Å²) < 4.78 is 9.78. The lowest BCUT2D eigenvalue weighted by molar-refractivity contribution is -0.384. The maximum Gasteiger partial charge on any atom is 0.423 e. The number of carbonyl (C=O) groups excluding carboxylic acids is 2. The van der Waals surface area contributed by atoms with Crippen LogP contribution >= 0.6 is 11.3 Å². The van der Waals surface area contributed by atoms with Crippen molar-refractivity contribution in [3.63, 3.8) is 0 Å². The third-order valence-electron chi connectivity index (χ3n) is 2.49. The average Bonchev–Trinajstić information content (AvgIpc) is 2.75. The molecule has 9 nitrogen and oxygen atoms in total. The summed E-state index contributed by atoms with van der Waals surface area (Å²) in [6, 6.07) is 3.85. The fourth-order valence-electron chi connectivity index (χ4n) is 1.59. The van der Waals surface area contributed by atoms with Crippen LogP contribution in [0.25, 0.3) is 10.1 Å². The molecule has 0 saturated heterocycles. The van der Waals surface area contributed by atoms with E-state index < -0.39 is 22.9 Å². The van der Waals surface area contributed by atoms with Gasteiger partial charge in [-0.1, -0.05) is 11.3 Å². The van der Waals surface area contributed by atoms with Gasteiger partial charge in [0.1, 0.15) is 0 Å². The molecule has 0 aliphatic carbocycles. The summed E-state index contributed by atoms with van der Waals surface area (Å²) in [5.74, 6) is -0.414. The lowest BCUT2D eigenvalue weighted by Crippen LogP contribution is -2.33. The van der Waals surface area contributed by atoms with Crippen molar-refractivity contribution in [2.75, 3.05) is 6.61 Å². The average molecular weight is 326 g/mol. The first-order valence-electron chi connectivity index (χ1n) is 5.98. The highest BCUT2D eigenvalue weighted by Gasteiger charge is 2.19. The molecule has 0 unspecified atom stereocenters. The summed E-state index contributed by atoms with van der Waals surface area (Å²) in [5.41, 5.74) is -0.205. The molecule has 22 heavy (non-hydrogen) atoms. The summed E-state index contributed by atoms with van der Waals surface area (Å²) in [7, 11) is 0. The van der Waals surface area contributed by atoms with Gasteiger partial charge in [-0.05, 0) is 13.0 Å². The molecule has 0 radical (unpaired) electrons. The van der Waals surface area contributed by atoms with Crippen LogP contribution in [0.15, 0.2) is 18.2 Å². The Hall–Kier alpha value is -2.88. The number of nitro groups is 1. The predicted molar refractivity (Wildman–Crippen MR) is 76.3 cm³/mol. The standard InChI is InChI=1S/C12H10N2O7S/c1-2-20-11(16)13-12(17)21-10-9(15)7-5-6(14(18)19)3-4-8(7)22-10/h3-5,15H,2H2,1H3,(H,13,16,17). The summed E-state index contributed by atoms with van der Waals surface area (Å²) in [6.45, 7) is 1.65. The molecule has 0 bridgehead atoms. The van der Waals surface area contributed by atoms with Gasteiger partial charge in [-0.15, -0.1) is 0 Å². The number of hydrogen-bond acceptors (Lipinski definition) is 8. The van der Waals surface area contributed by atoms with Crippen molar-refractivity contribution in [2.45, 2.75) is 6.92 Å². The summed E-state index contributed by atoms with van der Waals surface area (Å²) >= 11 is 0.905. The quantitative estimate of drug-likeness (QED) is 0.655. The Morgan fingerprint density at radius 1 is 1.41 bits per heavy atom. The second kappa shape index (κ2) is 6.26. The lowest BCUT2D eigenvalue weighted by Gasteiger charge is -2.03. The van der Waals surface area contributed by atoms with Gasteiger partial charge in [0.2, 0.25) is 5.06 Å². The Kier molecular flexibility index (Phi) is 4.41. The first-order chi connectivity index (χ1) is 10.4. The van der Waals surface area contributed by atoms with Crippen LogP contribution in [-0.4, -0.2) is 28.8 Å². The van der Waals surface area contributed by atoms with Crippen LogP contribution in [0, 0.1) is 10.1 Å². The molecule has 0 atom stereocenters. The minimum Gasteiger partial charge on any atom is -0.503 e. The number of amides is 2. The number of imide groups is 1. The van der Waals surface area contributed by atoms with Crippen molar-refractivity contribution in [3.8, 4) is 10.8 Å². The van der Waals surface area contributed by atoms with E-state index in [4.69, 9.17) is 4.74 Å². The molecule has 0 spiro atoms. The zero-order chi connectivity index (χ0) is 16.3. The largest absolute Gasteiger partial charge is 0.503 e. The molecule has 1 aromatic heterocycles. The maximum atomic E-state index is 11.5. The SMILES string of the molecule is CCOC(=O)NC(=O)Oc1sc2ccc([N+](=O)[O-])cc2c1O. The van der Waals surface area contributed by atoms with Crippen LogP contribution < -0.4 is 10.1 Å². The molecule has 0 fully saturated rings. The fraction of sp³-hybridized carbons (Fsp3) is 0.167. The van der Waals surface area contributed by atoms with Gasteiger partial charge < -0.3 is 14.6 Å². The number of fused-ring (bicyclic) bond motifs is 1. The minimum atomic E-state index is -1.13. The highest BCUT2D eigenvalue weighted by Crippen LogP contribution is 2.44. The second-order valence-corrected chi connectivity index (χ2v) is 4.93. The number of nitro benzene ring substituents is 1. The Bertz CT molecular complexity index is 755. The third kappa shape index (κ3) is 3.23. The van der Waals surface area contributed by atoms with Crippen LogP contribution in [0.4, 0.5) is 15.3 Å². The molecule has 2 N–H and O–H groups in total. The first kappa shape index (κ1) is 15.5. The highest BCUT2D eigenvalue weighted by molar-refractivity contribution is 7.21. The van der Waals surface area contributed by atoms with Gasteiger partial charge in [-0.3, -0.25) is 10.1 Å². The zero-order valence-corrected chi connectivity index (χ0v) is 12.0. The molecule has 0 aliphatic heterocycles. The van der Waals surface area contributed by atoms with Crippen molar-refractivity contribution in [1.82, 2.24) is 5.32 Å². The Balaban J connectivity index is 2.21. The number of ether oxygens (including phenoxy) is 2. The van der Waals surface area contributed by atoms with E-state index >= 15 is 0 Å². The Morgan fingerprint density at radius 3 is 2.77 bits per heavy atom. The van der Waals surface area contributed by atoms with Crippen LogP contribution in [-0.2, 0) is 4.74 Å². The van der Waals surface area contributed by atoms with Gasteiger partial charge in [0.15, 0.2) is 5.75 Å². The van der Waals surface area contributed by atoms with Crippen LogP contribution in [0.2, 0.25) is 0 Å². The van der Waals surface area contributed by atoms with Gasteiger partial charge >= 0.3 is 12.2 Å². The summed E-state index contributed by atoms with van der Waals surface area (Å²) in [4.78, 5) is 32.6. The third-order valence-corrected chi connectivity index (χ3v) is 3.53. The van der Waals surface area contributed by atoms with E-state index in [1.165, 1.54) is 12.1 Å². The van der Waals surface area contributed by atoms with E-state index in [-0.39, 0.29) is 22.7 Å². The number of hydrogen-bond donors (Lipinski definition) is 2. The number of nitrogens with zero attached hydrogens (tertiary/aromatic N) is 1. The number of carbonyl (C=O) groups is 2. The zero-order valence-electron chi connectivity index (χ0n) is 11.2.